The second-order valence-corrected chi connectivity index (χ2v) is 5.95. The highest BCUT2D eigenvalue weighted by Gasteiger charge is 2.21. The largest absolute Gasteiger partial charge is 0.360 e. The van der Waals surface area contributed by atoms with E-state index < -0.39 is 0 Å². The molecule has 1 heterocycles. The Morgan fingerprint density at radius 2 is 2.00 bits per heavy atom. The molecule has 0 radical (unpaired) electrons. The maximum absolute atomic E-state index is 12.6. The van der Waals surface area contributed by atoms with E-state index in [2.05, 4.69) is 24.3 Å². The number of carbonyl (C=O) groups is 1. The highest BCUT2D eigenvalue weighted by atomic mass is 16.5. The Morgan fingerprint density at radius 1 is 1.26 bits per heavy atom. The van der Waals surface area contributed by atoms with Crippen molar-refractivity contribution in [2.75, 3.05) is 6.54 Å². The van der Waals surface area contributed by atoms with Gasteiger partial charge in [-0.05, 0) is 19.3 Å². The molecule has 4 nitrogen and oxygen atoms in total. The lowest BCUT2D eigenvalue weighted by atomic mass is 9.99. The highest BCUT2D eigenvalue weighted by Crippen LogP contribution is 2.25. The molecular formula is C19H26N2O2. The zero-order valence-electron chi connectivity index (χ0n) is 14.3. The third-order valence-corrected chi connectivity index (χ3v) is 4.23. The number of nitrogens with one attached hydrogen (secondary N) is 1. The Labute approximate surface area is 138 Å². The third kappa shape index (κ3) is 4.44. The van der Waals surface area contributed by atoms with Gasteiger partial charge in [0.25, 0.3) is 5.91 Å². The fraction of sp³-hybridized carbons (Fsp3) is 0.474. The predicted molar refractivity (Wildman–Crippen MR) is 92.3 cm³/mol. The molecule has 1 aromatic carbocycles. The number of hydrogen-bond donors (Lipinski definition) is 1. The minimum absolute atomic E-state index is 0.0995. The molecule has 0 saturated heterocycles. The van der Waals surface area contributed by atoms with Crippen molar-refractivity contribution >= 4 is 5.91 Å². The van der Waals surface area contributed by atoms with E-state index in [9.17, 15) is 4.79 Å². The van der Waals surface area contributed by atoms with Crippen LogP contribution in [0.1, 0.15) is 55.6 Å². The van der Waals surface area contributed by atoms with Crippen LogP contribution < -0.4 is 5.32 Å². The summed E-state index contributed by atoms with van der Waals surface area (Å²) in [6.07, 6.45) is 4.62. The van der Waals surface area contributed by atoms with E-state index in [1.165, 1.54) is 12.8 Å². The van der Waals surface area contributed by atoms with Crippen LogP contribution in [-0.2, 0) is 0 Å². The summed E-state index contributed by atoms with van der Waals surface area (Å²) in [4.78, 5) is 12.6. The quantitative estimate of drug-likeness (QED) is 0.775. The van der Waals surface area contributed by atoms with Crippen molar-refractivity contribution in [3.05, 3.63) is 41.7 Å². The summed E-state index contributed by atoms with van der Waals surface area (Å²) < 4.78 is 5.26. The average molecular weight is 314 g/mol. The topological polar surface area (TPSA) is 55.1 Å². The second-order valence-electron chi connectivity index (χ2n) is 5.95. The number of hydrogen-bond acceptors (Lipinski definition) is 3. The van der Waals surface area contributed by atoms with Crippen molar-refractivity contribution in [3.63, 3.8) is 0 Å². The van der Waals surface area contributed by atoms with Gasteiger partial charge in [-0.25, -0.2) is 0 Å². The van der Waals surface area contributed by atoms with Crippen LogP contribution in [0, 0.1) is 12.8 Å². The fourth-order valence-electron chi connectivity index (χ4n) is 2.70. The first kappa shape index (κ1) is 17.3. The maximum atomic E-state index is 12.6. The zero-order valence-corrected chi connectivity index (χ0v) is 14.3. The fourth-order valence-corrected chi connectivity index (χ4v) is 2.70. The molecule has 0 aliphatic carbocycles. The van der Waals surface area contributed by atoms with E-state index in [1.807, 2.05) is 30.3 Å². The number of benzene rings is 1. The van der Waals surface area contributed by atoms with Gasteiger partial charge in [0.05, 0.1) is 0 Å². The maximum Gasteiger partial charge on any atom is 0.257 e. The van der Waals surface area contributed by atoms with Crippen LogP contribution in [0.4, 0.5) is 0 Å². The molecule has 0 aliphatic rings. The first-order valence-electron chi connectivity index (χ1n) is 8.47. The molecule has 0 fully saturated rings. The molecule has 0 spiro atoms. The number of amides is 1. The lowest BCUT2D eigenvalue weighted by Crippen LogP contribution is -2.29. The number of aromatic nitrogens is 1. The van der Waals surface area contributed by atoms with Gasteiger partial charge < -0.3 is 9.84 Å². The van der Waals surface area contributed by atoms with Crippen molar-refractivity contribution < 1.29 is 9.32 Å². The summed E-state index contributed by atoms with van der Waals surface area (Å²) in [6, 6.07) is 9.67. The van der Waals surface area contributed by atoms with Crippen LogP contribution in [0.2, 0.25) is 0 Å². The summed E-state index contributed by atoms with van der Waals surface area (Å²) in [7, 11) is 0. The number of unbranched alkanes of at least 4 members (excludes halogenated alkanes) is 1. The Bertz CT molecular complexity index is 620. The second kappa shape index (κ2) is 8.51. The van der Waals surface area contributed by atoms with Crippen LogP contribution in [-0.4, -0.2) is 17.6 Å². The lowest BCUT2D eigenvalue weighted by molar-refractivity contribution is 0.0945. The van der Waals surface area contributed by atoms with E-state index in [0.29, 0.717) is 29.5 Å². The molecule has 4 heteroatoms. The third-order valence-electron chi connectivity index (χ3n) is 4.23. The first-order chi connectivity index (χ1) is 11.2. The molecule has 2 aromatic rings. The van der Waals surface area contributed by atoms with Crippen LogP contribution in [0.5, 0.6) is 0 Å². The minimum atomic E-state index is -0.0995. The highest BCUT2D eigenvalue weighted by molar-refractivity contribution is 6.00. The van der Waals surface area contributed by atoms with Gasteiger partial charge in [0.15, 0.2) is 0 Å². The van der Waals surface area contributed by atoms with Gasteiger partial charge >= 0.3 is 0 Å². The van der Waals surface area contributed by atoms with Gasteiger partial charge in [-0.2, -0.15) is 0 Å². The number of carbonyl (C=O) groups excluding carboxylic acids is 1. The van der Waals surface area contributed by atoms with Gasteiger partial charge in [0.2, 0.25) is 0 Å². The van der Waals surface area contributed by atoms with Crippen molar-refractivity contribution in [2.45, 2.75) is 46.5 Å². The molecule has 124 valence electrons. The zero-order chi connectivity index (χ0) is 16.7. The smallest absolute Gasteiger partial charge is 0.257 e. The summed E-state index contributed by atoms with van der Waals surface area (Å²) in [5.41, 5.74) is 2.05. The van der Waals surface area contributed by atoms with Crippen molar-refractivity contribution in [3.8, 4) is 11.3 Å². The molecule has 1 aromatic heterocycles. The summed E-state index contributed by atoms with van der Waals surface area (Å²) in [6.45, 7) is 6.85. The monoisotopic (exact) mass is 314 g/mol. The molecule has 0 saturated carbocycles. The van der Waals surface area contributed by atoms with Gasteiger partial charge in [-0.15, -0.1) is 0 Å². The summed E-state index contributed by atoms with van der Waals surface area (Å²) in [5, 5.41) is 7.13. The molecule has 1 atom stereocenters. The van der Waals surface area contributed by atoms with Crippen LogP contribution >= 0.6 is 0 Å². The number of rotatable bonds is 8. The normalized spacial score (nSPS) is 12.1. The van der Waals surface area contributed by atoms with Gasteiger partial charge in [0.1, 0.15) is 17.0 Å². The number of nitrogens with zero attached hydrogens (tertiary/aromatic N) is 1. The molecule has 1 unspecified atom stereocenters. The van der Waals surface area contributed by atoms with Crippen molar-refractivity contribution in [1.82, 2.24) is 10.5 Å². The summed E-state index contributed by atoms with van der Waals surface area (Å²) >= 11 is 0. The van der Waals surface area contributed by atoms with Crippen LogP contribution in [0.15, 0.2) is 34.9 Å². The van der Waals surface area contributed by atoms with E-state index in [-0.39, 0.29) is 5.91 Å². The molecule has 23 heavy (non-hydrogen) atoms. The predicted octanol–water partition coefficient (Wildman–Crippen LogP) is 4.60. The Hall–Kier alpha value is -2.10. The van der Waals surface area contributed by atoms with E-state index in [4.69, 9.17) is 4.52 Å². The van der Waals surface area contributed by atoms with Gasteiger partial charge in [-0.1, -0.05) is 68.6 Å². The molecule has 2 rings (SSSR count). The average Bonchev–Trinajstić information content (AvgIpc) is 2.97. The van der Waals surface area contributed by atoms with E-state index in [0.717, 1.165) is 18.4 Å². The molecule has 1 amide bonds. The van der Waals surface area contributed by atoms with Crippen molar-refractivity contribution in [2.24, 2.45) is 5.92 Å². The van der Waals surface area contributed by atoms with E-state index >= 15 is 0 Å². The van der Waals surface area contributed by atoms with Crippen LogP contribution in [0.3, 0.4) is 0 Å². The Morgan fingerprint density at radius 3 is 2.65 bits per heavy atom. The van der Waals surface area contributed by atoms with Crippen LogP contribution in [0.25, 0.3) is 11.3 Å². The SMILES string of the molecule is CCCCC(CC)CNC(=O)c1c(-c2ccccc2)noc1C. The minimum Gasteiger partial charge on any atom is -0.360 e. The Kier molecular flexibility index (Phi) is 6.39. The van der Waals surface area contributed by atoms with Gasteiger partial charge in [-0.3, -0.25) is 4.79 Å². The van der Waals surface area contributed by atoms with Crippen molar-refractivity contribution in [1.29, 1.82) is 0 Å². The lowest BCUT2D eigenvalue weighted by Gasteiger charge is -2.15. The summed E-state index contributed by atoms with van der Waals surface area (Å²) in [5.74, 6) is 0.986. The molecular weight excluding hydrogens is 288 g/mol. The molecule has 0 bridgehead atoms. The first-order valence-corrected chi connectivity index (χ1v) is 8.47. The molecule has 1 N–H and O–H groups in total. The standard InChI is InChI=1S/C19H26N2O2/c1-4-6-10-15(5-2)13-20-19(22)17-14(3)23-21-18(17)16-11-8-7-9-12-16/h7-9,11-12,15H,4-6,10,13H2,1-3H3,(H,20,22). The Balaban J connectivity index is 2.09. The number of aryl methyl sites for hydroxylation is 1. The van der Waals surface area contributed by atoms with Gasteiger partial charge in [0, 0.05) is 12.1 Å². The van der Waals surface area contributed by atoms with E-state index in [1.54, 1.807) is 6.92 Å². The molecule has 0 aliphatic heterocycles.